The molecule has 3 nitrogen and oxygen atoms in total. The zero-order valence-corrected chi connectivity index (χ0v) is 8.68. The van der Waals surface area contributed by atoms with E-state index in [1.54, 1.807) is 18.2 Å². The summed E-state index contributed by atoms with van der Waals surface area (Å²) in [5.74, 6) is 0.598. The molecule has 0 aromatic heterocycles. The van der Waals surface area contributed by atoms with Gasteiger partial charge >= 0.3 is 0 Å². The fourth-order valence-corrected chi connectivity index (χ4v) is 1.11. The van der Waals surface area contributed by atoms with Crippen LogP contribution in [0.2, 0.25) is 10.0 Å². The normalized spacial score (nSPS) is 9.29. The van der Waals surface area contributed by atoms with Crippen molar-refractivity contribution in [1.29, 1.82) is 0 Å². The molecule has 1 rings (SSSR count). The molecule has 0 atom stereocenters. The first kappa shape index (κ1) is 11.1. The summed E-state index contributed by atoms with van der Waals surface area (Å²) in [6.07, 6.45) is 1.42. The molecule has 1 aromatic rings. The van der Waals surface area contributed by atoms with Gasteiger partial charge in [-0.05, 0) is 12.1 Å². The number of hydrogen-bond acceptors (Lipinski definition) is 3. The van der Waals surface area contributed by atoms with Gasteiger partial charge in [-0.2, -0.15) is 0 Å². The maximum absolute atomic E-state index is 9.73. The highest BCUT2D eigenvalue weighted by Gasteiger charge is 1.99. The third-order valence-corrected chi connectivity index (χ3v) is 2.17. The van der Waals surface area contributed by atoms with E-state index in [4.69, 9.17) is 27.9 Å². The van der Waals surface area contributed by atoms with E-state index < -0.39 is 0 Å². The fourth-order valence-electron chi connectivity index (χ4n) is 0.821. The molecule has 0 aliphatic rings. The quantitative estimate of drug-likeness (QED) is 0.454. The summed E-state index contributed by atoms with van der Waals surface area (Å²) in [5, 5.41) is 0.910. The minimum Gasteiger partial charge on any atom is -0.492 e. The molecule has 0 saturated carbocycles. The minimum absolute atomic E-state index is 0.281. The summed E-state index contributed by atoms with van der Waals surface area (Å²) in [6, 6.07) is 4.94. The van der Waals surface area contributed by atoms with Gasteiger partial charge in [0.1, 0.15) is 12.4 Å². The summed E-state index contributed by atoms with van der Waals surface area (Å²) in [7, 11) is 0. The van der Waals surface area contributed by atoms with Gasteiger partial charge in [-0.1, -0.05) is 23.2 Å². The highest BCUT2D eigenvalue weighted by Crippen LogP contribution is 2.26. The Balaban J connectivity index is 2.51. The highest BCUT2D eigenvalue weighted by atomic mass is 35.5. The highest BCUT2D eigenvalue weighted by molar-refractivity contribution is 6.42. The van der Waals surface area contributed by atoms with Gasteiger partial charge in [-0.15, -0.1) is 0 Å². The Morgan fingerprint density at radius 2 is 2.14 bits per heavy atom. The van der Waals surface area contributed by atoms with Crippen LogP contribution in [0.4, 0.5) is 0 Å². The molecule has 0 unspecified atom stereocenters. The molecular weight excluding hydrogens is 225 g/mol. The molecule has 14 heavy (non-hydrogen) atoms. The minimum atomic E-state index is 0.281. The van der Waals surface area contributed by atoms with Crippen molar-refractivity contribution in [3.05, 3.63) is 28.2 Å². The fraction of sp³-hybridized carbons (Fsp3) is 0.222. The molecule has 0 spiro atoms. The van der Waals surface area contributed by atoms with Crippen LogP contribution in [0.15, 0.2) is 23.2 Å². The monoisotopic (exact) mass is 231 g/mol. The first-order valence-corrected chi connectivity index (χ1v) is 4.61. The van der Waals surface area contributed by atoms with Gasteiger partial charge in [0.15, 0.2) is 0 Å². The van der Waals surface area contributed by atoms with Crippen molar-refractivity contribution >= 4 is 29.3 Å². The predicted octanol–water partition coefficient (Wildman–Crippen LogP) is 2.71. The maximum atomic E-state index is 9.73. The van der Waals surface area contributed by atoms with Crippen LogP contribution in [0.5, 0.6) is 5.75 Å². The number of rotatable bonds is 4. The molecule has 0 aliphatic heterocycles. The number of ether oxygens (including phenoxy) is 1. The van der Waals surface area contributed by atoms with Gasteiger partial charge in [0.25, 0.3) is 0 Å². The summed E-state index contributed by atoms with van der Waals surface area (Å²) in [4.78, 5) is 13.1. The average molecular weight is 232 g/mol. The summed E-state index contributed by atoms with van der Waals surface area (Å²) < 4.78 is 5.23. The third kappa shape index (κ3) is 3.38. The van der Waals surface area contributed by atoms with Gasteiger partial charge in [0, 0.05) is 6.07 Å². The van der Waals surface area contributed by atoms with E-state index in [1.165, 1.54) is 6.08 Å². The second-order valence-electron chi connectivity index (χ2n) is 2.40. The Labute approximate surface area is 91.3 Å². The molecule has 1 aromatic carbocycles. The van der Waals surface area contributed by atoms with Crippen LogP contribution in [-0.4, -0.2) is 19.2 Å². The van der Waals surface area contributed by atoms with E-state index in [-0.39, 0.29) is 6.54 Å². The maximum Gasteiger partial charge on any atom is 0.235 e. The average Bonchev–Trinajstić information content (AvgIpc) is 2.18. The lowest BCUT2D eigenvalue weighted by molar-refractivity contribution is 0.328. The Morgan fingerprint density at radius 1 is 1.36 bits per heavy atom. The Bertz CT molecular complexity index is 362. The van der Waals surface area contributed by atoms with E-state index in [9.17, 15) is 4.79 Å². The Kier molecular flexibility index (Phi) is 4.47. The van der Waals surface area contributed by atoms with Crippen molar-refractivity contribution in [2.45, 2.75) is 0 Å². The molecule has 0 N–H and O–H groups in total. The summed E-state index contributed by atoms with van der Waals surface area (Å²) in [6.45, 7) is 0.594. The van der Waals surface area contributed by atoms with Crippen LogP contribution < -0.4 is 4.74 Å². The molecule has 0 amide bonds. The lowest BCUT2D eigenvalue weighted by atomic mass is 10.3. The van der Waals surface area contributed by atoms with Gasteiger partial charge in [-0.3, -0.25) is 0 Å². The molecule has 74 valence electrons. The number of carbonyl (C=O) groups excluding carboxylic acids is 1. The lowest BCUT2D eigenvalue weighted by Crippen LogP contribution is -2.00. The number of benzene rings is 1. The predicted molar refractivity (Wildman–Crippen MR) is 54.9 cm³/mol. The van der Waals surface area contributed by atoms with Gasteiger partial charge in [0.2, 0.25) is 6.08 Å². The van der Waals surface area contributed by atoms with E-state index in [2.05, 4.69) is 4.99 Å². The third-order valence-electron chi connectivity index (χ3n) is 1.43. The topological polar surface area (TPSA) is 38.7 Å². The lowest BCUT2D eigenvalue weighted by Gasteiger charge is -2.04. The van der Waals surface area contributed by atoms with Crippen molar-refractivity contribution in [2.75, 3.05) is 13.2 Å². The molecule has 0 saturated heterocycles. The van der Waals surface area contributed by atoms with Gasteiger partial charge in [-0.25, -0.2) is 9.79 Å². The van der Waals surface area contributed by atoms with Crippen LogP contribution in [0.25, 0.3) is 0 Å². The standard InChI is InChI=1S/C9H7Cl2NO2/c10-8-2-1-7(5-9(8)11)14-4-3-12-6-13/h1-2,5H,3-4H2. The SMILES string of the molecule is O=C=NCCOc1ccc(Cl)c(Cl)c1. The van der Waals surface area contributed by atoms with Gasteiger partial charge in [0.05, 0.1) is 16.6 Å². The van der Waals surface area contributed by atoms with Crippen molar-refractivity contribution < 1.29 is 9.53 Å². The molecule has 0 radical (unpaired) electrons. The van der Waals surface area contributed by atoms with Crippen LogP contribution in [0.1, 0.15) is 0 Å². The molecule has 0 aliphatic carbocycles. The van der Waals surface area contributed by atoms with Crippen molar-refractivity contribution in [3.63, 3.8) is 0 Å². The number of isocyanates is 1. The van der Waals surface area contributed by atoms with Crippen molar-refractivity contribution in [3.8, 4) is 5.75 Å². The smallest absolute Gasteiger partial charge is 0.235 e. The second kappa shape index (κ2) is 5.66. The zero-order chi connectivity index (χ0) is 10.4. The van der Waals surface area contributed by atoms with Crippen molar-refractivity contribution in [2.24, 2.45) is 4.99 Å². The van der Waals surface area contributed by atoms with Gasteiger partial charge < -0.3 is 4.74 Å². The second-order valence-corrected chi connectivity index (χ2v) is 3.21. The largest absolute Gasteiger partial charge is 0.492 e. The number of halogens is 2. The van der Waals surface area contributed by atoms with Crippen molar-refractivity contribution in [1.82, 2.24) is 0 Å². The van der Waals surface area contributed by atoms with E-state index >= 15 is 0 Å². The number of hydrogen-bond donors (Lipinski definition) is 0. The molecule has 0 fully saturated rings. The van der Waals surface area contributed by atoms with E-state index in [0.717, 1.165) is 0 Å². The molecule has 0 bridgehead atoms. The van der Waals surface area contributed by atoms with Crippen LogP contribution in [0, 0.1) is 0 Å². The number of nitrogens with zero attached hydrogens (tertiary/aromatic N) is 1. The zero-order valence-electron chi connectivity index (χ0n) is 7.17. The number of aliphatic imine (C=N–C) groups is 1. The van der Waals surface area contributed by atoms with E-state index in [0.29, 0.717) is 22.4 Å². The Hall–Kier alpha value is -1.02. The summed E-state index contributed by atoms with van der Waals surface area (Å²) >= 11 is 11.5. The van der Waals surface area contributed by atoms with Crippen LogP contribution >= 0.6 is 23.2 Å². The summed E-state index contributed by atoms with van der Waals surface area (Å²) in [5.41, 5.74) is 0. The molecule has 5 heteroatoms. The molecule has 0 heterocycles. The van der Waals surface area contributed by atoms with Crippen LogP contribution in [-0.2, 0) is 4.79 Å². The first-order chi connectivity index (χ1) is 6.74. The van der Waals surface area contributed by atoms with Crippen LogP contribution in [0.3, 0.4) is 0 Å². The molecular formula is C9H7Cl2NO2. The van der Waals surface area contributed by atoms with E-state index in [1.807, 2.05) is 0 Å². The first-order valence-electron chi connectivity index (χ1n) is 3.85. The Morgan fingerprint density at radius 3 is 2.79 bits per heavy atom.